The molecule has 2 aromatic rings. The van der Waals surface area contributed by atoms with Crippen molar-refractivity contribution in [1.29, 1.82) is 0 Å². The molecule has 1 aromatic carbocycles. The van der Waals surface area contributed by atoms with Crippen LogP contribution in [0, 0.1) is 5.92 Å². The first kappa shape index (κ1) is 14.5. The smallest absolute Gasteiger partial charge is 0.124 e. The molecule has 1 unspecified atom stereocenters. The van der Waals surface area contributed by atoms with E-state index in [1.54, 1.807) is 0 Å². The summed E-state index contributed by atoms with van der Waals surface area (Å²) < 4.78 is 2.19. The summed E-state index contributed by atoms with van der Waals surface area (Å²) in [4.78, 5) is 6.92. The first-order valence-electron chi connectivity index (χ1n) is 6.67. The van der Waals surface area contributed by atoms with Gasteiger partial charge >= 0.3 is 0 Å². The SMILES string of the molecule is CN1CCC(Cn2c(CCl)nc3cc(Cl)c(Cl)cc32)C1. The van der Waals surface area contributed by atoms with Gasteiger partial charge in [-0.15, -0.1) is 11.6 Å². The van der Waals surface area contributed by atoms with Crippen molar-refractivity contribution in [2.75, 3.05) is 20.1 Å². The van der Waals surface area contributed by atoms with E-state index in [9.17, 15) is 0 Å². The molecule has 1 saturated heterocycles. The monoisotopic (exact) mass is 331 g/mol. The Bertz CT molecular complexity index is 638. The number of hydrogen-bond acceptors (Lipinski definition) is 2. The Morgan fingerprint density at radius 2 is 2.05 bits per heavy atom. The van der Waals surface area contributed by atoms with E-state index in [-0.39, 0.29) is 0 Å². The van der Waals surface area contributed by atoms with Crippen LogP contribution in [0.25, 0.3) is 11.0 Å². The van der Waals surface area contributed by atoms with Gasteiger partial charge in [-0.2, -0.15) is 0 Å². The molecule has 1 fully saturated rings. The predicted octanol–water partition coefficient (Wildman–Crippen LogP) is 4.03. The Morgan fingerprint density at radius 1 is 1.30 bits per heavy atom. The molecular formula is C14H16Cl3N3. The Morgan fingerprint density at radius 3 is 2.70 bits per heavy atom. The Labute approximate surface area is 133 Å². The normalized spacial score (nSPS) is 20.1. The molecule has 3 nitrogen and oxygen atoms in total. The highest BCUT2D eigenvalue weighted by atomic mass is 35.5. The van der Waals surface area contributed by atoms with Crippen LogP contribution in [-0.4, -0.2) is 34.6 Å². The summed E-state index contributed by atoms with van der Waals surface area (Å²) in [7, 11) is 2.16. The van der Waals surface area contributed by atoms with Gasteiger partial charge in [0.25, 0.3) is 0 Å². The van der Waals surface area contributed by atoms with Gasteiger partial charge in [0, 0.05) is 13.1 Å². The molecule has 1 atom stereocenters. The molecule has 0 saturated carbocycles. The van der Waals surface area contributed by atoms with E-state index >= 15 is 0 Å². The van der Waals surface area contributed by atoms with Gasteiger partial charge < -0.3 is 9.47 Å². The lowest BCUT2D eigenvalue weighted by molar-refractivity contribution is 0.378. The van der Waals surface area contributed by atoms with E-state index in [0.717, 1.165) is 36.5 Å². The Hall–Kier alpha value is -0.480. The average Bonchev–Trinajstić information content (AvgIpc) is 2.96. The van der Waals surface area contributed by atoms with E-state index in [4.69, 9.17) is 34.8 Å². The zero-order valence-electron chi connectivity index (χ0n) is 11.2. The molecule has 0 radical (unpaired) electrons. The largest absolute Gasteiger partial charge is 0.327 e. The fourth-order valence-electron chi connectivity index (χ4n) is 2.91. The van der Waals surface area contributed by atoms with Crippen LogP contribution in [0.4, 0.5) is 0 Å². The lowest BCUT2D eigenvalue weighted by atomic mass is 10.1. The van der Waals surface area contributed by atoms with Crippen LogP contribution in [0.2, 0.25) is 10.0 Å². The van der Waals surface area contributed by atoms with Gasteiger partial charge in [0.2, 0.25) is 0 Å². The molecule has 2 heterocycles. The van der Waals surface area contributed by atoms with E-state index in [2.05, 4.69) is 21.5 Å². The number of imidazole rings is 1. The van der Waals surface area contributed by atoms with Crippen molar-refractivity contribution in [3.8, 4) is 0 Å². The Kier molecular flexibility index (Phi) is 4.14. The van der Waals surface area contributed by atoms with Crippen molar-refractivity contribution in [3.63, 3.8) is 0 Å². The minimum Gasteiger partial charge on any atom is -0.327 e. The third kappa shape index (κ3) is 2.64. The summed E-state index contributed by atoms with van der Waals surface area (Å²) in [6.45, 7) is 3.20. The number of alkyl halides is 1. The zero-order chi connectivity index (χ0) is 14.3. The van der Waals surface area contributed by atoms with E-state index in [0.29, 0.717) is 21.8 Å². The molecule has 0 aliphatic carbocycles. The molecule has 1 aliphatic heterocycles. The van der Waals surface area contributed by atoms with Crippen LogP contribution >= 0.6 is 34.8 Å². The highest BCUT2D eigenvalue weighted by Gasteiger charge is 2.22. The van der Waals surface area contributed by atoms with Crippen LogP contribution in [0.15, 0.2) is 12.1 Å². The Balaban J connectivity index is 2.01. The van der Waals surface area contributed by atoms with Crippen molar-refractivity contribution in [3.05, 3.63) is 28.0 Å². The van der Waals surface area contributed by atoms with Crippen LogP contribution in [0.5, 0.6) is 0 Å². The summed E-state index contributed by atoms with van der Waals surface area (Å²) in [6.07, 6.45) is 1.21. The highest BCUT2D eigenvalue weighted by molar-refractivity contribution is 6.42. The van der Waals surface area contributed by atoms with Crippen LogP contribution in [0.1, 0.15) is 12.2 Å². The van der Waals surface area contributed by atoms with Gasteiger partial charge in [0.05, 0.1) is 27.0 Å². The predicted molar refractivity (Wildman–Crippen MR) is 84.9 cm³/mol. The topological polar surface area (TPSA) is 21.1 Å². The molecule has 3 rings (SSSR count). The number of rotatable bonds is 3. The number of benzene rings is 1. The van der Waals surface area contributed by atoms with Gasteiger partial charge in [-0.1, -0.05) is 23.2 Å². The minimum atomic E-state index is 0.395. The van der Waals surface area contributed by atoms with Gasteiger partial charge in [-0.3, -0.25) is 0 Å². The van der Waals surface area contributed by atoms with E-state index in [1.165, 1.54) is 6.42 Å². The summed E-state index contributed by atoms with van der Waals surface area (Å²) in [5.74, 6) is 1.91. The summed E-state index contributed by atoms with van der Waals surface area (Å²) in [6, 6.07) is 3.70. The lowest BCUT2D eigenvalue weighted by Crippen LogP contribution is -2.18. The number of halogens is 3. The van der Waals surface area contributed by atoms with Gasteiger partial charge in [-0.25, -0.2) is 4.98 Å². The van der Waals surface area contributed by atoms with Crippen molar-refractivity contribution in [1.82, 2.24) is 14.5 Å². The fraction of sp³-hybridized carbons (Fsp3) is 0.500. The second-order valence-electron chi connectivity index (χ2n) is 5.44. The van der Waals surface area contributed by atoms with E-state index < -0.39 is 0 Å². The standard InChI is InChI=1S/C14H16Cl3N3/c1-19-3-2-9(7-19)8-20-13-5-11(17)10(16)4-12(13)18-14(20)6-15/h4-5,9H,2-3,6-8H2,1H3. The summed E-state index contributed by atoms with van der Waals surface area (Å²) >= 11 is 18.2. The second kappa shape index (κ2) is 5.72. The van der Waals surface area contributed by atoms with Crippen molar-refractivity contribution >= 4 is 45.8 Å². The molecule has 6 heteroatoms. The van der Waals surface area contributed by atoms with Gasteiger partial charge in [0.1, 0.15) is 5.82 Å². The van der Waals surface area contributed by atoms with Crippen LogP contribution in [0.3, 0.4) is 0 Å². The van der Waals surface area contributed by atoms with E-state index in [1.807, 2.05) is 12.1 Å². The lowest BCUT2D eigenvalue weighted by Gasteiger charge is -2.14. The van der Waals surface area contributed by atoms with Crippen LogP contribution < -0.4 is 0 Å². The molecule has 0 bridgehead atoms. The third-order valence-corrected chi connectivity index (χ3v) is 4.88. The number of aromatic nitrogens is 2. The molecule has 1 aliphatic rings. The van der Waals surface area contributed by atoms with Crippen molar-refractivity contribution < 1.29 is 0 Å². The number of likely N-dealkylation sites (tertiary alicyclic amines) is 1. The van der Waals surface area contributed by atoms with Gasteiger partial charge in [-0.05, 0) is 38.1 Å². The minimum absolute atomic E-state index is 0.395. The maximum atomic E-state index is 6.14. The maximum Gasteiger partial charge on any atom is 0.124 e. The second-order valence-corrected chi connectivity index (χ2v) is 6.53. The number of fused-ring (bicyclic) bond motifs is 1. The molecule has 1 aromatic heterocycles. The quantitative estimate of drug-likeness (QED) is 0.791. The fourth-order valence-corrected chi connectivity index (χ4v) is 3.43. The maximum absolute atomic E-state index is 6.14. The van der Waals surface area contributed by atoms with Crippen molar-refractivity contribution in [2.45, 2.75) is 18.8 Å². The zero-order valence-corrected chi connectivity index (χ0v) is 13.5. The number of hydrogen-bond donors (Lipinski definition) is 0. The third-order valence-electron chi connectivity index (χ3n) is 3.92. The molecular weight excluding hydrogens is 317 g/mol. The summed E-state index contributed by atoms with van der Waals surface area (Å²) in [5, 5.41) is 1.09. The molecule has 0 spiro atoms. The molecule has 0 amide bonds. The van der Waals surface area contributed by atoms with Crippen molar-refractivity contribution in [2.24, 2.45) is 5.92 Å². The first-order chi connectivity index (χ1) is 9.58. The molecule has 0 N–H and O–H groups in total. The first-order valence-corrected chi connectivity index (χ1v) is 7.96. The van der Waals surface area contributed by atoms with Crippen LogP contribution in [-0.2, 0) is 12.4 Å². The average molecular weight is 333 g/mol. The highest BCUT2D eigenvalue weighted by Crippen LogP contribution is 2.30. The van der Waals surface area contributed by atoms with Gasteiger partial charge in [0.15, 0.2) is 0 Å². The molecule has 20 heavy (non-hydrogen) atoms. The number of nitrogens with zero attached hydrogens (tertiary/aromatic N) is 3. The summed E-state index contributed by atoms with van der Waals surface area (Å²) in [5.41, 5.74) is 1.88. The molecule has 108 valence electrons.